The summed E-state index contributed by atoms with van der Waals surface area (Å²) in [6.07, 6.45) is 2.89. The van der Waals surface area contributed by atoms with Crippen LogP contribution in [0.1, 0.15) is 12.5 Å². The minimum Gasteiger partial charge on any atom is -0.492 e. The molecule has 90 valence electrons. The molecule has 1 aromatic heterocycles. The molecule has 2 aromatic rings. The molecule has 0 saturated heterocycles. The summed E-state index contributed by atoms with van der Waals surface area (Å²) in [7, 11) is 0. The largest absolute Gasteiger partial charge is 0.492 e. The lowest BCUT2D eigenvalue weighted by atomic mass is 10.2. The highest BCUT2D eigenvalue weighted by atomic mass is 16.5. The maximum Gasteiger partial charge on any atom is 0.145 e. The molecule has 0 bridgehead atoms. The van der Waals surface area contributed by atoms with Crippen molar-refractivity contribution in [1.29, 1.82) is 0 Å². The van der Waals surface area contributed by atoms with E-state index < -0.39 is 0 Å². The van der Waals surface area contributed by atoms with Gasteiger partial charge >= 0.3 is 0 Å². The minimum absolute atomic E-state index is 0.539. The standard InChI is InChI=1S/C13H17N3O/c1-2-11-3-5-12(6-4-11)17-10-9-16-8-7-13(14)15-16/h3-8H,2,9-10H2,1H3,(H2,14,15). The fourth-order valence-corrected chi connectivity index (χ4v) is 1.58. The van der Waals surface area contributed by atoms with Gasteiger partial charge in [-0.25, -0.2) is 0 Å². The van der Waals surface area contributed by atoms with E-state index in [2.05, 4.69) is 24.2 Å². The number of nitrogens with two attached hydrogens (primary N) is 1. The third-order valence-electron chi connectivity index (χ3n) is 2.58. The van der Waals surface area contributed by atoms with Crippen molar-refractivity contribution in [1.82, 2.24) is 9.78 Å². The maximum atomic E-state index is 5.62. The van der Waals surface area contributed by atoms with E-state index in [1.807, 2.05) is 18.3 Å². The van der Waals surface area contributed by atoms with Crippen molar-refractivity contribution in [2.45, 2.75) is 19.9 Å². The summed E-state index contributed by atoms with van der Waals surface area (Å²) < 4.78 is 7.39. The van der Waals surface area contributed by atoms with Crippen molar-refractivity contribution in [3.8, 4) is 5.75 Å². The lowest BCUT2D eigenvalue weighted by Crippen LogP contribution is -2.08. The molecule has 0 aliphatic carbocycles. The molecule has 1 aromatic carbocycles. The van der Waals surface area contributed by atoms with Gasteiger partial charge in [0.15, 0.2) is 0 Å². The van der Waals surface area contributed by atoms with E-state index in [-0.39, 0.29) is 0 Å². The molecule has 0 amide bonds. The van der Waals surface area contributed by atoms with Crippen LogP contribution in [0.5, 0.6) is 5.75 Å². The minimum atomic E-state index is 0.539. The first-order chi connectivity index (χ1) is 8.28. The fraction of sp³-hybridized carbons (Fsp3) is 0.308. The molecule has 2 N–H and O–H groups in total. The Morgan fingerprint density at radius 3 is 2.59 bits per heavy atom. The van der Waals surface area contributed by atoms with Crippen LogP contribution in [0, 0.1) is 0 Å². The van der Waals surface area contributed by atoms with Gasteiger partial charge in [-0.05, 0) is 30.2 Å². The van der Waals surface area contributed by atoms with Crippen LogP contribution in [-0.4, -0.2) is 16.4 Å². The number of anilines is 1. The highest BCUT2D eigenvalue weighted by Gasteiger charge is 1.96. The summed E-state index contributed by atoms with van der Waals surface area (Å²) in [4.78, 5) is 0. The summed E-state index contributed by atoms with van der Waals surface area (Å²) >= 11 is 0. The molecule has 17 heavy (non-hydrogen) atoms. The summed E-state index contributed by atoms with van der Waals surface area (Å²) in [5.74, 6) is 1.43. The molecule has 0 saturated carbocycles. The van der Waals surface area contributed by atoms with Gasteiger partial charge in [-0.15, -0.1) is 0 Å². The molecule has 0 unspecified atom stereocenters. The molecule has 0 atom stereocenters. The van der Waals surface area contributed by atoms with Crippen LogP contribution in [0.25, 0.3) is 0 Å². The topological polar surface area (TPSA) is 53.1 Å². The van der Waals surface area contributed by atoms with Crippen LogP contribution in [0.3, 0.4) is 0 Å². The van der Waals surface area contributed by atoms with E-state index in [1.54, 1.807) is 10.7 Å². The SMILES string of the molecule is CCc1ccc(OCCn2ccc(N)n2)cc1. The second-order valence-electron chi connectivity index (χ2n) is 3.85. The van der Waals surface area contributed by atoms with E-state index in [9.17, 15) is 0 Å². The Bertz CT molecular complexity index is 462. The van der Waals surface area contributed by atoms with Crippen LogP contribution >= 0.6 is 0 Å². The molecule has 0 aliphatic heterocycles. The first kappa shape index (κ1) is 11.5. The van der Waals surface area contributed by atoms with Gasteiger partial charge in [0.05, 0.1) is 6.54 Å². The van der Waals surface area contributed by atoms with Crippen LogP contribution < -0.4 is 10.5 Å². The Labute approximate surface area is 101 Å². The molecular weight excluding hydrogens is 214 g/mol. The molecule has 4 nitrogen and oxygen atoms in total. The summed E-state index contributed by atoms with van der Waals surface area (Å²) in [5.41, 5.74) is 6.84. The van der Waals surface area contributed by atoms with Crippen molar-refractivity contribution in [3.63, 3.8) is 0 Å². The van der Waals surface area contributed by atoms with E-state index in [0.717, 1.165) is 12.2 Å². The molecule has 2 rings (SSSR count). The number of aromatic nitrogens is 2. The van der Waals surface area contributed by atoms with E-state index >= 15 is 0 Å². The quantitative estimate of drug-likeness (QED) is 0.857. The number of nitrogens with zero attached hydrogens (tertiary/aromatic N) is 2. The van der Waals surface area contributed by atoms with Crippen molar-refractivity contribution in [2.75, 3.05) is 12.3 Å². The summed E-state index contributed by atoms with van der Waals surface area (Å²) in [5, 5.41) is 4.08. The third kappa shape index (κ3) is 3.24. The molecule has 0 aliphatic rings. The number of nitrogen functional groups attached to an aromatic ring is 1. The Morgan fingerprint density at radius 1 is 1.24 bits per heavy atom. The highest BCUT2D eigenvalue weighted by molar-refractivity contribution is 5.27. The molecule has 0 spiro atoms. The van der Waals surface area contributed by atoms with Gasteiger partial charge in [-0.1, -0.05) is 19.1 Å². The third-order valence-corrected chi connectivity index (χ3v) is 2.58. The number of aryl methyl sites for hydroxylation is 1. The number of ether oxygens (including phenoxy) is 1. The van der Waals surface area contributed by atoms with Crippen molar-refractivity contribution < 1.29 is 4.74 Å². The van der Waals surface area contributed by atoms with Crippen molar-refractivity contribution in [3.05, 3.63) is 42.1 Å². The van der Waals surface area contributed by atoms with Crippen molar-refractivity contribution in [2.24, 2.45) is 0 Å². The normalized spacial score (nSPS) is 10.4. The predicted octanol–water partition coefficient (Wildman–Crippen LogP) is 2.11. The van der Waals surface area contributed by atoms with Crippen LogP contribution in [0.15, 0.2) is 36.5 Å². The summed E-state index contributed by atoms with van der Waals surface area (Å²) in [6.45, 7) is 3.43. The highest BCUT2D eigenvalue weighted by Crippen LogP contribution is 2.12. The van der Waals surface area contributed by atoms with Gasteiger partial charge in [0.2, 0.25) is 0 Å². The first-order valence-electron chi connectivity index (χ1n) is 5.78. The molecule has 0 fully saturated rings. The average molecular weight is 231 g/mol. The van der Waals surface area contributed by atoms with Gasteiger partial charge in [0.1, 0.15) is 18.2 Å². The lowest BCUT2D eigenvalue weighted by molar-refractivity contribution is 0.291. The van der Waals surface area contributed by atoms with Gasteiger partial charge < -0.3 is 10.5 Å². The zero-order chi connectivity index (χ0) is 12.1. The van der Waals surface area contributed by atoms with Gasteiger partial charge in [-0.3, -0.25) is 4.68 Å². The van der Waals surface area contributed by atoms with Crippen LogP contribution in [0.4, 0.5) is 5.82 Å². The van der Waals surface area contributed by atoms with Crippen molar-refractivity contribution >= 4 is 5.82 Å². The Hall–Kier alpha value is -1.97. The molecule has 4 heteroatoms. The zero-order valence-electron chi connectivity index (χ0n) is 9.97. The van der Waals surface area contributed by atoms with E-state index in [1.165, 1.54) is 5.56 Å². The van der Waals surface area contributed by atoms with E-state index in [4.69, 9.17) is 10.5 Å². The van der Waals surface area contributed by atoms with Crippen LogP contribution in [-0.2, 0) is 13.0 Å². The zero-order valence-corrected chi connectivity index (χ0v) is 9.97. The second kappa shape index (κ2) is 5.39. The van der Waals surface area contributed by atoms with Gasteiger partial charge in [0.25, 0.3) is 0 Å². The predicted molar refractivity (Wildman–Crippen MR) is 68.0 cm³/mol. The molecule has 0 radical (unpaired) electrons. The monoisotopic (exact) mass is 231 g/mol. The Balaban J connectivity index is 1.81. The summed E-state index contributed by atoms with van der Waals surface area (Å²) in [6, 6.07) is 9.94. The second-order valence-corrected chi connectivity index (χ2v) is 3.85. The first-order valence-corrected chi connectivity index (χ1v) is 5.78. The molecule has 1 heterocycles. The van der Waals surface area contributed by atoms with Crippen LogP contribution in [0.2, 0.25) is 0 Å². The van der Waals surface area contributed by atoms with Gasteiger partial charge in [-0.2, -0.15) is 5.10 Å². The fourth-order valence-electron chi connectivity index (χ4n) is 1.58. The average Bonchev–Trinajstić information content (AvgIpc) is 2.76. The number of benzene rings is 1. The van der Waals surface area contributed by atoms with E-state index in [0.29, 0.717) is 19.0 Å². The molecular formula is C13H17N3O. The lowest BCUT2D eigenvalue weighted by Gasteiger charge is -2.06. The van der Waals surface area contributed by atoms with Gasteiger partial charge in [0, 0.05) is 6.20 Å². The smallest absolute Gasteiger partial charge is 0.145 e. The Kier molecular flexibility index (Phi) is 3.65. The number of rotatable bonds is 5. The number of hydrogen-bond donors (Lipinski definition) is 1. The number of hydrogen-bond acceptors (Lipinski definition) is 3. The maximum absolute atomic E-state index is 5.62. The Morgan fingerprint density at radius 2 is 2.00 bits per heavy atom.